The van der Waals surface area contributed by atoms with E-state index in [1.807, 2.05) is 7.05 Å². The van der Waals surface area contributed by atoms with Crippen molar-refractivity contribution >= 4 is 33.3 Å². The average Bonchev–Trinajstić information content (AvgIpc) is 2.81. The number of hydrogen-bond donors (Lipinski definition) is 2. The van der Waals surface area contributed by atoms with E-state index in [-0.39, 0.29) is 0 Å². The van der Waals surface area contributed by atoms with Gasteiger partial charge in [-0.25, -0.2) is 4.98 Å². The van der Waals surface area contributed by atoms with Crippen molar-refractivity contribution in [2.45, 2.75) is 39.7 Å². The van der Waals surface area contributed by atoms with Crippen LogP contribution in [0.3, 0.4) is 0 Å². The van der Waals surface area contributed by atoms with Crippen LogP contribution in [0.15, 0.2) is 6.07 Å². The lowest BCUT2D eigenvalue weighted by atomic mass is 10.2. The van der Waals surface area contributed by atoms with E-state index in [9.17, 15) is 0 Å². The highest BCUT2D eigenvalue weighted by molar-refractivity contribution is 7.18. The third-order valence-corrected chi connectivity index (χ3v) is 4.18. The number of rotatable bonds is 5. The Morgan fingerprint density at radius 2 is 2.11 bits per heavy atom. The number of anilines is 2. The molecule has 2 heterocycles. The van der Waals surface area contributed by atoms with Gasteiger partial charge in [0.1, 0.15) is 10.6 Å². The van der Waals surface area contributed by atoms with E-state index in [1.54, 1.807) is 11.3 Å². The fourth-order valence-corrected chi connectivity index (χ4v) is 2.67. The number of thiophene rings is 1. The van der Waals surface area contributed by atoms with Crippen LogP contribution in [0, 0.1) is 0 Å². The maximum absolute atomic E-state index is 4.53. The standard InChI is InChI=1S/C13H20N4S/c1-5-8(3)15-11-10-7-9(6-2)18-12(10)17-13(14-4)16-11/h7-8H,5-6H2,1-4H3,(H2,14,15,16,17). The summed E-state index contributed by atoms with van der Waals surface area (Å²) in [4.78, 5) is 11.4. The molecule has 2 rings (SSSR count). The SMILES string of the molecule is CCc1cc2c(NC(C)CC)nc(NC)nc2s1. The fraction of sp³-hybridized carbons (Fsp3) is 0.538. The van der Waals surface area contributed by atoms with E-state index in [1.165, 1.54) is 4.88 Å². The summed E-state index contributed by atoms with van der Waals surface area (Å²) in [5, 5.41) is 7.62. The number of fused-ring (bicyclic) bond motifs is 1. The Morgan fingerprint density at radius 1 is 1.33 bits per heavy atom. The number of nitrogens with one attached hydrogen (secondary N) is 2. The summed E-state index contributed by atoms with van der Waals surface area (Å²) in [5.74, 6) is 1.62. The zero-order valence-corrected chi connectivity index (χ0v) is 12.2. The van der Waals surface area contributed by atoms with E-state index >= 15 is 0 Å². The largest absolute Gasteiger partial charge is 0.367 e. The maximum atomic E-state index is 4.53. The van der Waals surface area contributed by atoms with Gasteiger partial charge in [-0.05, 0) is 25.8 Å². The molecule has 0 fully saturated rings. The van der Waals surface area contributed by atoms with Crippen molar-refractivity contribution in [3.05, 3.63) is 10.9 Å². The van der Waals surface area contributed by atoms with Gasteiger partial charge in [-0.2, -0.15) is 4.98 Å². The Bertz CT molecular complexity index is 535. The lowest BCUT2D eigenvalue weighted by Crippen LogP contribution is -2.15. The van der Waals surface area contributed by atoms with E-state index in [0.717, 1.165) is 28.9 Å². The van der Waals surface area contributed by atoms with Crippen molar-refractivity contribution in [2.75, 3.05) is 17.7 Å². The molecule has 0 aromatic carbocycles. The Labute approximate surface area is 112 Å². The maximum Gasteiger partial charge on any atom is 0.225 e. The molecule has 0 amide bonds. The summed E-state index contributed by atoms with van der Waals surface area (Å²) >= 11 is 1.74. The van der Waals surface area contributed by atoms with Crippen molar-refractivity contribution in [2.24, 2.45) is 0 Å². The van der Waals surface area contributed by atoms with Gasteiger partial charge in [-0.3, -0.25) is 0 Å². The smallest absolute Gasteiger partial charge is 0.225 e. The van der Waals surface area contributed by atoms with Crippen molar-refractivity contribution in [3.63, 3.8) is 0 Å². The molecular formula is C13H20N4S. The van der Waals surface area contributed by atoms with Gasteiger partial charge in [0.25, 0.3) is 0 Å². The first-order valence-corrected chi connectivity index (χ1v) is 7.24. The van der Waals surface area contributed by atoms with Crippen molar-refractivity contribution in [1.29, 1.82) is 0 Å². The zero-order chi connectivity index (χ0) is 13.1. The molecule has 4 nitrogen and oxygen atoms in total. The highest BCUT2D eigenvalue weighted by Crippen LogP contribution is 2.30. The molecule has 2 N–H and O–H groups in total. The third-order valence-electron chi connectivity index (χ3n) is 3.01. The molecule has 0 radical (unpaired) electrons. The molecule has 98 valence electrons. The average molecular weight is 264 g/mol. The van der Waals surface area contributed by atoms with Crippen LogP contribution in [0.5, 0.6) is 0 Å². The van der Waals surface area contributed by atoms with E-state index < -0.39 is 0 Å². The molecule has 1 atom stereocenters. The van der Waals surface area contributed by atoms with Gasteiger partial charge in [0.05, 0.1) is 5.39 Å². The van der Waals surface area contributed by atoms with Gasteiger partial charge >= 0.3 is 0 Å². The third kappa shape index (κ3) is 2.56. The van der Waals surface area contributed by atoms with Crippen molar-refractivity contribution in [3.8, 4) is 0 Å². The minimum Gasteiger partial charge on any atom is -0.367 e. The summed E-state index contributed by atoms with van der Waals surface area (Å²) in [7, 11) is 1.85. The second-order valence-corrected chi connectivity index (χ2v) is 5.50. The molecule has 5 heteroatoms. The monoisotopic (exact) mass is 264 g/mol. The van der Waals surface area contributed by atoms with Crippen LogP contribution in [0.1, 0.15) is 32.1 Å². The molecule has 0 aliphatic carbocycles. The van der Waals surface area contributed by atoms with Crippen LogP contribution >= 0.6 is 11.3 Å². The van der Waals surface area contributed by atoms with Gasteiger partial charge in [0.2, 0.25) is 5.95 Å². The lowest BCUT2D eigenvalue weighted by Gasteiger charge is -2.13. The molecule has 0 spiro atoms. The van der Waals surface area contributed by atoms with Crippen LogP contribution in [0.25, 0.3) is 10.2 Å². The van der Waals surface area contributed by atoms with E-state index in [2.05, 4.69) is 47.4 Å². The Hall–Kier alpha value is -1.36. The Kier molecular flexibility index (Phi) is 4.01. The first-order chi connectivity index (χ1) is 8.67. The first kappa shape index (κ1) is 13.1. The molecule has 0 aliphatic heterocycles. The van der Waals surface area contributed by atoms with E-state index in [4.69, 9.17) is 0 Å². The highest BCUT2D eigenvalue weighted by Gasteiger charge is 2.12. The molecule has 0 saturated carbocycles. The predicted octanol–water partition coefficient (Wildman–Crippen LogP) is 3.51. The molecule has 1 unspecified atom stereocenters. The Morgan fingerprint density at radius 3 is 2.72 bits per heavy atom. The molecular weight excluding hydrogens is 244 g/mol. The summed E-state index contributed by atoms with van der Waals surface area (Å²) in [5.41, 5.74) is 0. The van der Waals surface area contributed by atoms with Crippen LogP contribution in [0.2, 0.25) is 0 Å². The minimum absolute atomic E-state index is 0.415. The fourth-order valence-electron chi connectivity index (χ4n) is 1.70. The quantitative estimate of drug-likeness (QED) is 0.867. The zero-order valence-electron chi connectivity index (χ0n) is 11.4. The first-order valence-electron chi connectivity index (χ1n) is 6.42. The van der Waals surface area contributed by atoms with Crippen molar-refractivity contribution in [1.82, 2.24) is 9.97 Å². The van der Waals surface area contributed by atoms with Crippen LogP contribution in [-0.2, 0) is 6.42 Å². The molecule has 18 heavy (non-hydrogen) atoms. The highest BCUT2D eigenvalue weighted by atomic mass is 32.1. The predicted molar refractivity (Wildman–Crippen MR) is 79.7 cm³/mol. The summed E-state index contributed by atoms with van der Waals surface area (Å²) in [6.45, 7) is 6.50. The molecule has 0 aliphatic rings. The topological polar surface area (TPSA) is 49.8 Å². The molecule has 0 saturated heterocycles. The molecule has 2 aromatic rings. The van der Waals surface area contributed by atoms with Gasteiger partial charge in [0, 0.05) is 18.0 Å². The lowest BCUT2D eigenvalue weighted by molar-refractivity contribution is 0.760. The molecule has 0 bridgehead atoms. The number of nitrogens with zero attached hydrogens (tertiary/aromatic N) is 2. The molecule has 2 aromatic heterocycles. The van der Waals surface area contributed by atoms with Gasteiger partial charge in [0.15, 0.2) is 0 Å². The van der Waals surface area contributed by atoms with Crippen LogP contribution in [0.4, 0.5) is 11.8 Å². The summed E-state index contributed by atoms with van der Waals surface area (Å²) < 4.78 is 0. The Balaban J connectivity index is 2.49. The van der Waals surface area contributed by atoms with Gasteiger partial charge < -0.3 is 10.6 Å². The van der Waals surface area contributed by atoms with Crippen LogP contribution < -0.4 is 10.6 Å². The van der Waals surface area contributed by atoms with Gasteiger partial charge in [-0.15, -0.1) is 11.3 Å². The second-order valence-electron chi connectivity index (χ2n) is 4.38. The summed E-state index contributed by atoms with van der Waals surface area (Å²) in [6.07, 6.45) is 2.11. The number of aromatic nitrogens is 2. The summed E-state index contributed by atoms with van der Waals surface area (Å²) in [6, 6.07) is 2.61. The van der Waals surface area contributed by atoms with Crippen molar-refractivity contribution < 1.29 is 0 Å². The second kappa shape index (κ2) is 5.52. The number of aryl methyl sites for hydroxylation is 1. The van der Waals surface area contributed by atoms with Crippen LogP contribution in [-0.4, -0.2) is 23.1 Å². The minimum atomic E-state index is 0.415. The van der Waals surface area contributed by atoms with E-state index in [0.29, 0.717) is 12.0 Å². The van der Waals surface area contributed by atoms with Gasteiger partial charge in [-0.1, -0.05) is 13.8 Å². The number of hydrogen-bond acceptors (Lipinski definition) is 5. The normalized spacial score (nSPS) is 12.7.